The lowest BCUT2D eigenvalue weighted by Gasteiger charge is -2.38. The summed E-state index contributed by atoms with van der Waals surface area (Å²) in [7, 11) is 0. The van der Waals surface area contributed by atoms with E-state index in [1.54, 1.807) is 11.3 Å². The third-order valence-electron chi connectivity index (χ3n) is 3.74. The van der Waals surface area contributed by atoms with Gasteiger partial charge in [-0.1, -0.05) is 0 Å². The van der Waals surface area contributed by atoms with Crippen LogP contribution in [0.25, 0.3) is 0 Å². The minimum Gasteiger partial charge on any atom is -0.375 e. The second-order valence-electron chi connectivity index (χ2n) is 4.89. The molecule has 0 amide bonds. The van der Waals surface area contributed by atoms with Gasteiger partial charge in [0.1, 0.15) is 0 Å². The number of ether oxygens (including phenoxy) is 1. The first-order valence-electron chi connectivity index (χ1n) is 6.09. The van der Waals surface area contributed by atoms with Crippen molar-refractivity contribution in [1.29, 1.82) is 0 Å². The quantitative estimate of drug-likeness (QED) is 0.752. The fourth-order valence-electron chi connectivity index (χ4n) is 2.74. The number of rotatable bonds is 1. The normalized spacial score (nSPS) is 24.2. The van der Waals surface area contributed by atoms with Crippen molar-refractivity contribution >= 4 is 16.5 Å². The molecular weight excluding hydrogens is 220 g/mol. The van der Waals surface area contributed by atoms with Crippen LogP contribution in [0.4, 0.5) is 5.13 Å². The van der Waals surface area contributed by atoms with Gasteiger partial charge >= 0.3 is 0 Å². The van der Waals surface area contributed by atoms with Crippen molar-refractivity contribution in [2.45, 2.75) is 38.2 Å². The van der Waals surface area contributed by atoms with E-state index in [4.69, 9.17) is 4.74 Å². The molecule has 1 spiro atoms. The molecule has 0 aromatic carbocycles. The summed E-state index contributed by atoms with van der Waals surface area (Å²) in [4.78, 5) is 6.96. The molecule has 0 radical (unpaired) electrons. The van der Waals surface area contributed by atoms with Gasteiger partial charge in [0.2, 0.25) is 0 Å². The molecule has 3 rings (SSSR count). The first-order valence-corrected chi connectivity index (χ1v) is 6.96. The molecule has 0 bridgehead atoms. The van der Waals surface area contributed by atoms with Crippen LogP contribution in [0.2, 0.25) is 0 Å². The molecule has 4 heteroatoms. The molecule has 0 unspecified atom stereocenters. The van der Waals surface area contributed by atoms with Gasteiger partial charge in [0.05, 0.1) is 11.3 Å². The summed E-state index contributed by atoms with van der Waals surface area (Å²) in [5.74, 6) is 0. The van der Waals surface area contributed by atoms with E-state index in [9.17, 15) is 0 Å². The molecule has 16 heavy (non-hydrogen) atoms. The summed E-state index contributed by atoms with van der Waals surface area (Å²) in [5.41, 5.74) is 1.36. The summed E-state index contributed by atoms with van der Waals surface area (Å²) in [6.07, 6.45) is 4.85. The van der Waals surface area contributed by atoms with E-state index in [2.05, 4.69) is 22.2 Å². The highest BCUT2D eigenvalue weighted by atomic mass is 32.1. The van der Waals surface area contributed by atoms with E-state index in [0.29, 0.717) is 0 Å². The van der Waals surface area contributed by atoms with Crippen LogP contribution in [0, 0.1) is 6.92 Å². The highest BCUT2D eigenvalue weighted by molar-refractivity contribution is 7.13. The van der Waals surface area contributed by atoms with Crippen molar-refractivity contribution in [1.82, 2.24) is 4.98 Å². The SMILES string of the molecule is Cc1csc(N2CCC3(CCCO3)CC2)n1. The predicted molar refractivity (Wildman–Crippen MR) is 66.2 cm³/mol. The Morgan fingerprint density at radius 1 is 1.38 bits per heavy atom. The van der Waals surface area contributed by atoms with Gasteiger partial charge in [0.15, 0.2) is 5.13 Å². The van der Waals surface area contributed by atoms with Crippen molar-refractivity contribution in [2.24, 2.45) is 0 Å². The Morgan fingerprint density at radius 2 is 2.19 bits per heavy atom. The van der Waals surface area contributed by atoms with Gasteiger partial charge in [0.25, 0.3) is 0 Å². The number of hydrogen-bond donors (Lipinski definition) is 0. The van der Waals surface area contributed by atoms with Gasteiger partial charge < -0.3 is 9.64 Å². The molecule has 0 aliphatic carbocycles. The van der Waals surface area contributed by atoms with E-state index >= 15 is 0 Å². The number of anilines is 1. The molecule has 1 aromatic rings. The maximum absolute atomic E-state index is 5.93. The summed E-state index contributed by atoms with van der Waals surface area (Å²) < 4.78 is 5.93. The average molecular weight is 238 g/mol. The number of nitrogens with zero attached hydrogens (tertiary/aromatic N) is 2. The third-order valence-corrected chi connectivity index (χ3v) is 4.76. The first-order chi connectivity index (χ1) is 7.77. The zero-order valence-corrected chi connectivity index (χ0v) is 10.6. The van der Waals surface area contributed by atoms with Crippen molar-refractivity contribution in [3.05, 3.63) is 11.1 Å². The van der Waals surface area contributed by atoms with E-state index in [1.807, 2.05) is 0 Å². The lowest BCUT2D eigenvalue weighted by Crippen LogP contribution is -2.44. The topological polar surface area (TPSA) is 25.4 Å². The van der Waals surface area contributed by atoms with E-state index in [-0.39, 0.29) is 5.60 Å². The van der Waals surface area contributed by atoms with Crippen molar-refractivity contribution in [3.8, 4) is 0 Å². The largest absolute Gasteiger partial charge is 0.375 e. The summed E-state index contributed by atoms with van der Waals surface area (Å²) in [5, 5.41) is 3.32. The second kappa shape index (κ2) is 4.00. The molecular formula is C12H18N2OS. The monoisotopic (exact) mass is 238 g/mol. The Balaban J connectivity index is 1.66. The van der Waals surface area contributed by atoms with Crippen LogP contribution < -0.4 is 4.90 Å². The van der Waals surface area contributed by atoms with Gasteiger partial charge in [-0.2, -0.15) is 0 Å². The standard InChI is InChI=1S/C12H18N2OS/c1-10-9-16-11(13-10)14-6-4-12(5-7-14)3-2-8-15-12/h9H,2-8H2,1H3. The van der Waals surface area contributed by atoms with Crippen LogP contribution in [0.3, 0.4) is 0 Å². The maximum Gasteiger partial charge on any atom is 0.185 e. The summed E-state index contributed by atoms with van der Waals surface area (Å²) in [6, 6.07) is 0. The van der Waals surface area contributed by atoms with Gasteiger partial charge in [-0.25, -0.2) is 4.98 Å². The lowest BCUT2D eigenvalue weighted by molar-refractivity contribution is -0.0146. The molecule has 2 saturated heterocycles. The average Bonchev–Trinajstić information content (AvgIpc) is 2.90. The smallest absolute Gasteiger partial charge is 0.185 e. The molecule has 2 aliphatic heterocycles. The van der Waals surface area contributed by atoms with Crippen molar-refractivity contribution < 1.29 is 4.74 Å². The van der Waals surface area contributed by atoms with Gasteiger partial charge in [-0.3, -0.25) is 0 Å². The number of thiazole rings is 1. The van der Waals surface area contributed by atoms with Crippen LogP contribution in [-0.2, 0) is 4.74 Å². The highest BCUT2D eigenvalue weighted by Gasteiger charge is 2.38. The summed E-state index contributed by atoms with van der Waals surface area (Å²) >= 11 is 1.76. The number of aryl methyl sites for hydroxylation is 1. The lowest BCUT2D eigenvalue weighted by atomic mass is 9.89. The van der Waals surface area contributed by atoms with Crippen LogP contribution in [0.1, 0.15) is 31.4 Å². The molecule has 0 N–H and O–H groups in total. The number of aromatic nitrogens is 1. The van der Waals surface area contributed by atoms with Crippen molar-refractivity contribution in [3.63, 3.8) is 0 Å². The van der Waals surface area contributed by atoms with Gasteiger partial charge in [-0.05, 0) is 32.6 Å². The highest BCUT2D eigenvalue weighted by Crippen LogP contribution is 2.37. The zero-order valence-electron chi connectivity index (χ0n) is 9.74. The van der Waals surface area contributed by atoms with Gasteiger partial charge in [-0.15, -0.1) is 11.3 Å². The molecule has 0 atom stereocenters. The first kappa shape index (κ1) is 10.5. The molecule has 3 nitrogen and oxygen atoms in total. The van der Waals surface area contributed by atoms with Crippen LogP contribution in [0.15, 0.2) is 5.38 Å². The number of hydrogen-bond acceptors (Lipinski definition) is 4. The Bertz CT molecular complexity index is 361. The van der Waals surface area contributed by atoms with E-state index in [0.717, 1.165) is 25.4 Å². The third kappa shape index (κ3) is 1.84. The fraction of sp³-hybridized carbons (Fsp3) is 0.750. The Labute approximate surface area is 100 Å². The molecule has 1 aromatic heterocycles. The molecule has 88 valence electrons. The summed E-state index contributed by atoms with van der Waals surface area (Å²) in [6.45, 7) is 5.24. The number of piperidine rings is 1. The Hall–Kier alpha value is -0.610. The molecule has 3 heterocycles. The van der Waals surface area contributed by atoms with E-state index in [1.165, 1.54) is 30.8 Å². The van der Waals surface area contributed by atoms with E-state index < -0.39 is 0 Å². The predicted octanol–water partition coefficient (Wildman–Crippen LogP) is 2.60. The minimum atomic E-state index is 0.225. The van der Waals surface area contributed by atoms with Crippen molar-refractivity contribution in [2.75, 3.05) is 24.6 Å². The molecule has 0 saturated carbocycles. The van der Waals surface area contributed by atoms with Gasteiger partial charge in [0, 0.05) is 25.1 Å². The minimum absolute atomic E-state index is 0.225. The second-order valence-corrected chi connectivity index (χ2v) is 5.73. The fourth-order valence-corrected chi connectivity index (χ4v) is 3.60. The molecule has 2 aliphatic rings. The van der Waals surface area contributed by atoms with Crippen LogP contribution in [0.5, 0.6) is 0 Å². The zero-order chi connectivity index (χ0) is 11.0. The maximum atomic E-state index is 5.93. The van der Waals surface area contributed by atoms with Crippen LogP contribution in [-0.4, -0.2) is 30.3 Å². The Morgan fingerprint density at radius 3 is 2.75 bits per heavy atom. The van der Waals surface area contributed by atoms with Crippen LogP contribution >= 0.6 is 11.3 Å². The molecule has 2 fully saturated rings. The Kier molecular flexibility index (Phi) is 2.64.